The number of para-hydroxylation sites is 1. The van der Waals surface area contributed by atoms with Gasteiger partial charge in [-0.05, 0) is 19.1 Å². The third-order valence-electron chi connectivity index (χ3n) is 3.33. The van der Waals surface area contributed by atoms with Gasteiger partial charge < -0.3 is 9.30 Å². The van der Waals surface area contributed by atoms with Crippen molar-refractivity contribution < 1.29 is 4.74 Å². The zero-order valence-corrected chi connectivity index (χ0v) is 13.2. The summed E-state index contributed by atoms with van der Waals surface area (Å²) in [5.74, 6) is 0.694. The van der Waals surface area contributed by atoms with Crippen LogP contribution in [-0.4, -0.2) is 25.4 Å². The third-order valence-corrected chi connectivity index (χ3v) is 3.64. The van der Waals surface area contributed by atoms with Gasteiger partial charge in [-0.15, -0.1) is 0 Å². The van der Waals surface area contributed by atoms with Gasteiger partial charge in [-0.1, -0.05) is 23.7 Å². The Balaban J connectivity index is 1.74. The molecule has 0 N–H and O–H groups in total. The maximum atomic E-state index is 6.12. The highest BCUT2D eigenvalue weighted by Crippen LogP contribution is 2.25. The molecule has 0 fully saturated rings. The summed E-state index contributed by atoms with van der Waals surface area (Å²) in [5.41, 5.74) is 2.05. The van der Waals surface area contributed by atoms with E-state index in [1.165, 1.54) is 0 Å². The van der Waals surface area contributed by atoms with E-state index in [-0.39, 0.29) is 6.10 Å². The lowest BCUT2D eigenvalue weighted by Gasteiger charge is -2.17. The summed E-state index contributed by atoms with van der Waals surface area (Å²) >= 11 is 6.12. The molecule has 0 aliphatic heterocycles. The van der Waals surface area contributed by atoms with Crippen molar-refractivity contribution in [1.29, 1.82) is 0 Å². The molecule has 2 heterocycles. The quantitative estimate of drug-likeness (QED) is 0.724. The van der Waals surface area contributed by atoms with E-state index in [4.69, 9.17) is 16.3 Å². The lowest BCUT2D eigenvalue weighted by Crippen LogP contribution is -2.19. The molecular weight excluding hydrogens is 300 g/mol. The van der Waals surface area contributed by atoms with Crippen LogP contribution in [0, 0.1) is 0 Å². The lowest BCUT2D eigenvalue weighted by molar-refractivity contribution is 0.200. The molecule has 0 aliphatic rings. The molecule has 6 heteroatoms. The fourth-order valence-corrected chi connectivity index (χ4v) is 2.51. The maximum absolute atomic E-state index is 6.12. The van der Waals surface area contributed by atoms with Crippen molar-refractivity contribution in [2.45, 2.75) is 19.6 Å². The SMILES string of the molecule is CC(Cn1cncc1-c1cnn(C)c1)Oc1ccccc1Cl. The molecule has 1 aromatic carbocycles. The number of ether oxygens (including phenoxy) is 1. The van der Waals surface area contributed by atoms with Crippen LogP contribution in [0.4, 0.5) is 0 Å². The number of hydrogen-bond donors (Lipinski definition) is 0. The van der Waals surface area contributed by atoms with Gasteiger partial charge in [0.15, 0.2) is 0 Å². The van der Waals surface area contributed by atoms with E-state index in [0.29, 0.717) is 17.3 Å². The van der Waals surface area contributed by atoms with E-state index in [0.717, 1.165) is 11.3 Å². The average molecular weight is 317 g/mol. The molecule has 0 radical (unpaired) electrons. The Bertz CT molecular complexity index is 765. The minimum absolute atomic E-state index is 0.0375. The molecule has 1 atom stereocenters. The Morgan fingerprint density at radius 2 is 2.09 bits per heavy atom. The molecule has 0 aliphatic carbocycles. The van der Waals surface area contributed by atoms with E-state index in [1.54, 1.807) is 11.0 Å². The minimum Gasteiger partial charge on any atom is -0.487 e. The van der Waals surface area contributed by atoms with E-state index in [1.807, 2.05) is 56.8 Å². The zero-order valence-electron chi connectivity index (χ0n) is 12.5. The number of imidazole rings is 1. The molecule has 5 nitrogen and oxygen atoms in total. The van der Waals surface area contributed by atoms with E-state index in [9.17, 15) is 0 Å². The monoisotopic (exact) mass is 316 g/mol. The Morgan fingerprint density at radius 3 is 2.82 bits per heavy atom. The predicted octanol–water partition coefficient (Wildman–Crippen LogP) is 3.40. The fourth-order valence-electron chi connectivity index (χ4n) is 2.33. The first-order valence-electron chi connectivity index (χ1n) is 7.04. The van der Waals surface area contributed by atoms with Crippen LogP contribution in [0.15, 0.2) is 49.2 Å². The number of benzene rings is 1. The first-order valence-corrected chi connectivity index (χ1v) is 7.41. The van der Waals surface area contributed by atoms with Gasteiger partial charge in [-0.25, -0.2) is 4.98 Å². The predicted molar refractivity (Wildman–Crippen MR) is 86.0 cm³/mol. The fraction of sp³-hybridized carbons (Fsp3) is 0.250. The van der Waals surface area contributed by atoms with Crippen LogP contribution in [0.2, 0.25) is 5.02 Å². The van der Waals surface area contributed by atoms with Crippen molar-refractivity contribution in [2.75, 3.05) is 0 Å². The van der Waals surface area contributed by atoms with E-state index < -0.39 is 0 Å². The van der Waals surface area contributed by atoms with E-state index >= 15 is 0 Å². The normalized spacial score (nSPS) is 12.3. The zero-order chi connectivity index (χ0) is 15.5. The highest BCUT2D eigenvalue weighted by Gasteiger charge is 2.12. The van der Waals surface area contributed by atoms with Crippen molar-refractivity contribution in [2.24, 2.45) is 7.05 Å². The maximum Gasteiger partial charge on any atom is 0.138 e. The van der Waals surface area contributed by atoms with Crippen molar-refractivity contribution in [3.63, 3.8) is 0 Å². The molecule has 3 aromatic rings. The number of nitrogens with zero attached hydrogens (tertiary/aromatic N) is 4. The topological polar surface area (TPSA) is 44.9 Å². The van der Waals surface area contributed by atoms with Crippen molar-refractivity contribution in [3.05, 3.63) is 54.2 Å². The molecule has 2 aromatic heterocycles. The Kier molecular flexibility index (Phi) is 4.15. The molecule has 0 saturated carbocycles. The van der Waals surface area contributed by atoms with E-state index in [2.05, 4.69) is 14.6 Å². The molecule has 22 heavy (non-hydrogen) atoms. The van der Waals surface area contributed by atoms with Gasteiger partial charge in [0, 0.05) is 18.8 Å². The van der Waals surface area contributed by atoms with Crippen LogP contribution < -0.4 is 4.74 Å². The summed E-state index contributed by atoms with van der Waals surface area (Å²) in [5, 5.41) is 4.82. The lowest BCUT2D eigenvalue weighted by atomic mass is 10.2. The van der Waals surface area contributed by atoms with Crippen LogP contribution in [0.25, 0.3) is 11.3 Å². The first kappa shape index (κ1) is 14.7. The molecule has 3 rings (SSSR count). The smallest absolute Gasteiger partial charge is 0.138 e. The molecule has 114 valence electrons. The summed E-state index contributed by atoms with van der Waals surface area (Å²) in [7, 11) is 1.90. The largest absolute Gasteiger partial charge is 0.487 e. The number of hydrogen-bond acceptors (Lipinski definition) is 3. The van der Waals surface area contributed by atoms with Crippen LogP contribution >= 0.6 is 11.6 Å². The second kappa shape index (κ2) is 6.23. The van der Waals surface area contributed by atoms with Crippen LogP contribution in [0.5, 0.6) is 5.75 Å². The van der Waals surface area contributed by atoms with Gasteiger partial charge in [-0.2, -0.15) is 5.10 Å². The summed E-state index contributed by atoms with van der Waals surface area (Å²) in [6.45, 7) is 2.69. The van der Waals surface area contributed by atoms with Gasteiger partial charge in [0.2, 0.25) is 0 Å². The summed E-state index contributed by atoms with van der Waals surface area (Å²) in [6, 6.07) is 7.49. The van der Waals surface area contributed by atoms with Gasteiger partial charge in [-0.3, -0.25) is 4.68 Å². The third kappa shape index (κ3) is 3.14. The summed E-state index contributed by atoms with van der Waals surface area (Å²) < 4.78 is 9.74. The Labute approximate surface area is 134 Å². The molecule has 0 bridgehead atoms. The second-order valence-electron chi connectivity index (χ2n) is 5.19. The average Bonchev–Trinajstić information content (AvgIpc) is 3.10. The van der Waals surface area contributed by atoms with Crippen molar-refractivity contribution >= 4 is 11.6 Å². The van der Waals surface area contributed by atoms with Crippen molar-refractivity contribution in [3.8, 4) is 17.0 Å². The summed E-state index contributed by atoms with van der Waals surface area (Å²) in [4.78, 5) is 4.23. The summed E-state index contributed by atoms with van der Waals surface area (Å²) in [6.07, 6.45) is 7.39. The van der Waals surface area contributed by atoms with Gasteiger partial charge in [0.25, 0.3) is 0 Å². The van der Waals surface area contributed by atoms with Gasteiger partial charge in [0.05, 0.1) is 36.0 Å². The molecular formula is C16H17ClN4O. The first-order chi connectivity index (χ1) is 10.6. The van der Waals surface area contributed by atoms with Crippen LogP contribution in [0.1, 0.15) is 6.92 Å². The standard InChI is InChI=1S/C16H17ClN4O/c1-12(22-16-6-4-3-5-14(16)17)9-21-11-18-8-15(21)13-7-19-20(2)10-13/h3-8,10-12H,9H2,1-2H3. The Hall–Kier alpha value is -2.27. The van der Waals surface area contributed by atoms with Crippen molar-refractivity contribution in [1.82, 2.24) is 19.3 Å². The number of aromatic nitrogens is 4. The minimum atomic E-state index is -0.0375. The van der Waals surface area contributed by atoms with Crippen LogP contribution in [-0.2, 0) is 13.6 Å². The van der Waals surface area contributed by atoms with Crippen LogP contribution in [0.3, 0.4) is 0 Å². The highest BCUT2D eigenvalue weighted by atomic mass is 35.5. The number of halogens is 1. The van der Waals surface area contributed by atoms with Gasteiger partial charge >= 0.3 is 0 Å². The molecule has 0 amide bonds. The molecule has 1 unspecified atom stereocenters. The molecule has 0 saturated heterocycles. The Morgan fingerprint density at radius 1 is 1.27 bits per heavy atom. The molecule has 0 spiro atoms. The second-order valence-corrected chi connectivity index (χ2v) is 5.60. The number of rotatable bonds is 5. The van der Waals surface area contributed by atoms with Gasteiger partial charge in [0.1, 0.15) is 11.9 Å². The number of aryl methyl sites for hydroxylation is 1. The highest BCUT2D eigenvalue weighted by molar-refractivity contribution is 6.32.